The summed E-state index contributed by atoms with van der Waals surface area (Å²) in [6.45, 7) is 5.42. The summed E-state index contributed by atoms with van der Waals surface area (Å²) < 4.78 is 11.2. The molecule has 0 aromatic carbocycles. The summed E-state index contributed by atoms with van der Waals surface area (Å²) >= 11 is 6.77. The molecule has 1 fully saturated rings. The van der Waals surface area contributed by atoms with E-state index in [0.717, 1.165) is 42.5 Å². The number of thioether (sulfide) groups is 1. The van der Waals surface area contributed by atoms with E-state index in [1.807, 2.05) is 0 Å². The molecule has 1 rings (SSSR count). The SMILES string of the molecule is C=CCOC(=O)CCCSC(=S)NCC1CCCO1. The molecule has 6 heteroatoms. The maximum absolute atomic E-state index is 11.2. The first kappa shape index (κ1) is 16.5. The molecule has 0 aromatic rings. The van der Waals surface area contributed by atoms with Gasteiger partial charge in [-0.1, -0.05) is 36.6 Å². The molecule has 1 heterocycles. The predicted octanol–water partition coefficient (Wildman–Crippen LogP) is 2.28. The van der Waals surface area contributed by atoms with Crippen molar-refractivity contribution in [2.45, 2.75) is 31.8 Å². The smallest absolute Gasteiger partial charge is 0.306 e. The van der Waals surface area contributed by atoms with Gasteiger partial charge in [0.1, 0.15) is 10.9 Å². The highest BCUT2D eigenvalue weighted by molar-refractivity contribution is 8.22. The Morgan fingerprint density at radius 2 is 2.47 bits per heavy atom. The van der Waals surface area contributed by atoms with E-state index in [4.69, 9.17) is 21.7 Å². The molecule has 0 bridgehead atoms. The highest BCUT2D eigenvalue weighted by Gasteiger charge is 2.15. The second-order valence-electron chi connectivity index (χ2n) is 4.23. The minimum absolute atomic E-state index is 0.182. The van der Waals surface area contributed by atoms with Gasteiger partial charge in [-0.05, 0) is 19.3 Å². The topological polar surface area (TPSA) is 47.6 Å². The molecule has 1 unspecified atom stereocenters. The molecule has 4 nitrogen and oxygen atoms in total. The number of esters is 1. The average Bonchev–Trinajstić information content (AvgIpc) is 2.92. The zero-order valence-corrected chi connectivity index (χ0v) is 12.7. The molecule has 1 atom stereocenters. The zero-order valence-electron chi connectivity index (χ0n) is 11.1. The minimum Gasteiger partial charge on any atom is -0.461 e. The maximum atomic E-state index is 11.2. The Labute approximate surface area is 124 Å². The van der Waals surface area contributed by atoms with Gasteiger partial charge in [-0.25, -0.2) is 0 Å². The number of nitrogens with one attached hydrogen (secondary N) is 1. The number of hydrogen-bond donors (Lipinski definition) is 1. The molecule has 1 saturated heterocycles. The van der Waals surface area contributed by atoms with E-state index in [9.17, 15) is 4.79 Å². The fraction of sp³-hybridized carbons (Fsp3) is 0.692. The zero-order chi connectivity index (χ0) is 13.9. The number of thiocarbonyl (C=S) groups is 1. The minimum atomic E-state index is -0.182. The third-order valence-corrected chi connectivity index (χ3v) is 4.02. The van der Waals surface area contributed by atoms with E-state index in [-0.39, 0.29) is 12.6 Å². The van der Waals surface area contributed by atoms with E-state index in [1.54, 1.807) is 17.8 Å². The highest BCUT2D eigenvalue weighted by atomic mass is 32.2. The molecular weight excluding hydrogens is 282 g/mol. The summed E-state index contributed by atoms with van der Waals surface area (Å²) in [6.07, 6.45) is 5.30. The lowest BCUT2D eigenvalue weighted by Gasteiger charge is -2.12. The van der Waals surface area contributed by atoms with Crippen LogP contribution in [-0.4, -0.2) is 41.9 Å². The molecule has 19 heavy (non-hydrogen) atoms. The molecule has 0 saturated carbocycles. The summed E-state index contributed by atoms with van der Waals surface area (Å²) in [5, 5.41) is 3.19. The monoisotopic (exact) mass is 303 g/mol. The van der Waals surface area contributed by atoms with Crippen molar-refractivity contribution in [2.75, 3.05) is 25.5 Å². The number of hydrogen-bond acceptors (Lipinski definition) is 5. The van der Waals surface area contributed by atoms with Crippen molar-refractivity contribution < 1.29 is 14.3 Å². The van der Waals surface area contributed by atoms with Crippen molar-refractivity contribution in [3.8, 4) is 0 Å². The Balaban J connectivity index is 1.94. The summed E-state index contributed by atoms with van der Waals surface area (Å²) in [7, 11) is 0. The number of carbonyl (C=O) groups excluding carboxylic acids is 1. The Morgan fingerprint density at radius 3 is 3.16 bits per heavy atom. The molecule has 0 aliphatic carbocycles. The van der Waals surface area contributed by atoms with Gasteiger partial charge in [0.15, 0.2) is 0 Å². The van der Waals surface area contributed by atoms with E-state index in [0.29, 0.717) is 12.5 Å². The van der Waals surface area contributed by atoms with Crippen LogP contribution in [0.2, 0.25) is 0 Å². The second-order valence-corrected chi connectivity index (χ2v) is 6.00. The summed E-state index contributed by atoms with van der Waals surface area (Å²) in [5.74, 6) is 0.638. The molecule has 0 radical (unpaired) electrons. The standard InChI is InChI=1S/C13H21NO3S2/c1-2-7-17-12(15)6-4-9-19-13(18)14-10-11-5-3-8-16-11/h2,11H,1,3-10H2,(H,14,18). The van der Waals surface area contributed by atoms with Gasteiger partial charge in [-0.15, -0.1) is 0 Å². The third kappa shape index (κ3) is 8.23. The molecule has 1 N–H and O–H groups in total. The van der Waals surface area contributed by atoms with Crippen LogP contribution in [0.5, 0.6) is 0 Å². The predicted molar refractivity (Wildman–Crippen MR) is 82.4 cm³/mol. The molecule has 0 aromatic heterocycles. The summed E-state index contributed by atoms with van der Waals surface area (Å²) in [5.41, 5.74) is 0. The Kier molecular flexibility index (Phi) is 8.86. The van der Waals surface area contributed by atoms with Crippen LogP contribution < -0.4 is 5.32 Å². The first-order valence-electron chi connectivity index (χ1n) is 6.51. The fourth-order valence-electron chi connectivity index (χ4n) is 1.66. The van der Waals surface area contributed by atoms with Crippen LogP contribution in [0.25, 0.3) is 0 Å². The van der Waals surface area contributed by atoms with Gasteiger partial charge in [0.05, 0.1) is 6.10 Å². The number of rotatable bonds is 8. The van der Waals surface area contributed by atoms with Gasteiger partial charge in [0, 0.05) is 25.3 Å². The Bertz CT molecular complexity index is 304. The lowest BCUT2D eigenvalue weighted by atomic mass is 10.2. The molecule has 1 aliphatic rings. The largest absolute Gasteiger partial charge is 0.461 e. The summed E-state index contributed by atoms with van der Waals surface area (Å²) in [4.78, 5) is 11.2. The van der Waals surface area contributed by atoms with Gasteiger partial charge >= 0.3 is 5.97 Å². The van der Waals surface area contributed by atoms with E-state index in [2.05, 4.69) is 11.9 Å². The van der Waals surface area contributed by atoms with Crippen LogP contribution in [-0.2, 0) is 14.3 Å². The third-order valence-electron chi connectivity index (χ3n) is 2.62. The first-order chi connectivity index (χ1) is 9.22. The molecular formula is C13H21NO3S2. The van der Waals surface area contributed by atoms with Crippen LogP contribution in [0.1, 0.15) is 25.7 Å². The molecule has 1 aliphatic heterocycles. The molecule has 108 valence electrons. The van der Waals surface area contributed by atoms with Crippen molar-refractivity contribution in [1.29, 1.82) is 0 Å². The van der Waals surface area contributed by atoms with Crippen molar-refractivity contribution in [3.05, 3.63) is 12.7 Å². The van der Waals surface area contributed by atoms with Gasteiger partial charge in [-0.2, -0.15) is 0 Å². The van der Waals surface area contributed by atoms with Crippen LogP contribution >= 0.6 is 24.0 Å². The van der Waals surface area contributed by atoms with Gasteiger partial charge < -0.3 is 14.8 Å². The lowest BCUT2D eigenvalue weighted by Crippen LogP contribution is -2.29. The normalized spacial score (nSPS) is 18.0. The second kappa shape index (κ2) is 10.2. The van der Waals surface area contributed by atoms with Crippen LogP contribution in [0, 0.1) is 0 Å². The number of carbonyl (C=O) groups is 1. The summed E-state index contributed by atoms with van der Waals surface area (Å²) in [6, 6.07) is 0. The van der Waals surface area contributed by atoms with E-state index >= 15 is 0 Å². The van der Waals surface area contributed by atoms with Gasteiger partial charge in [0.2, 0.25) is 0 Å². The Morgan fingerprint density at radius 1 is 1.63 bits per heavy atom. The highest BCUT2D eigenvalue weighted by Crippen LogP contribution is 2.12. The quantitative estimate of drug-likeness (QED) is 0.321. The average molecular weight is 303 g/mol. The number of ether oxygens (including phenoxy) is 2. The first-order valence-corrected chi connectivity index (χ1v) is 7.90. The maximum Gasteiger partial charge on any atom is 0.306 e. The van der Waals surface area contributed by atoms with Crippen LogP contribution in [0.4, 0.5) is 0 Å². The molecule has 0 spiro atoms. The van der Waals surface area contributed by atoms with Crippen molar-refractivity contribution >= 4 is 34.3 Å². The van der Waals surface area contributed by atoms with Gasteiger partial charge in [0.25, 0.3) is 0 Å². The van der Waals surface area contributed by atoms with E-state index < -0.39 is 0 Å². The van der Waals surface area contributed by atoms with E-state index in [1.165, 1.54) is 0 Å². The van der Waals surface area contributed by atoms with Crippen molar-refractivity contribution in [3.63, 3.8) is 0 Å². The van der Waals surface area contributed by atoms with Gasteiger partial charge in [-0.3, -0.25) is 4.79 Å². The van der Waals surface area contributed by atoms with Crippen molar-refractivity contribution in [1.82, 2.24) is 5.32 Å². The van der Waals surface area contributed by atoms with Crippen LogP contribution in [0.15, 0.2) is 12.7 Å². The Hall–Kier alpha value is -0.590. The fourth-order valence-corrected chi connectivity index (χ4v) is 2.65. The van der Waals surface area contributed by atoms with Crippen molar-refractivity contribution in [2.24, 2.45) is 0 Å². The molecule has 0 amide bonds. The lowest BCUT2D eigenvalue weighted by molar-refractivity contribution is -0.142. The van der Waals surface area contributed by atoms with Crippen LogP contribution in [0.3, 0.4) is 0 Å².